The van der Waals surface area contributed by atoms with Gasteiger partial charge in [-0.1, -0.05) is 56.3 Å². The van der Waals surface area contributed by atoms with Crippen molar-refractivity contribution in [2.45, 2.75) is 31.9 Å². The van der Waals surface area contributed by atoms with Gasteiger partial charge in [-0.05, 0) is 12.5 Å². The summed E-state index contributed by atoms with van der Waals surface area (Å²) >= 11 is 1.82. The highest BCUT2D eigenvalue weighted by molar-refractivity contribution is 8.00. The van der Waals surface area contributed by atoms with E-state index in [0.717, 1.165) is 5.75 Å². The van der Waals surface area contributed by atoms with Gasteiger partial charge in [0, 0.05) is 16.9 Å². The Hall–Kier alpha value is -1.02. The molecule has 0 spiro atoms. The molecule has 0 N–H and O–H groups in total. The van der Waals surface area contributed by atoms with Crippen molar-refractivity contribution in [3.8, 4) is 0 Å². The molecule has 0 saturated heterocycles. The minimum Gasteiger partial charge on any atom is -0.300 e. The fourth-order valence-electron chi connectivity index (χ4n) is 1.67. The van der Waals surface area contributed by atoms with Gasteiger partial charge in [-0.15, -0.1) is 0 Å². The molecule has 1 nitrogen and oxygen atoms in total. The normalized spacial score (nSPS) is 11.9. The Morgan fingerprint density at radius 1 is 1.29 bits per heavy atom. The molecule has 2 heteroatoms. The van der Waals surface area contributed by atoms with E-state index in [9.17, 15) is 4.79 Å². The fourth-order valence-corrected chi connectivity index (χ4v) is 2.62. The van der Waals surface area contributed by atoms with Crippen LogP contribution in [0.25, 0.3) is 6.08 Å². The van der Waals surface area contributed by atoms with Crippen LogP contribution in [-0.4, -0.2) is 16.3 Å². The van der Waals surface area contributed by atoms with E-state index in [4.69, 9.17) is 0 Å². The van der Waals surface area contributed by atoms with Crippen LogP contribution in [0.4, 0.5) is 0 Å². The van der Waals surface area contributed by atoms with Crippen molar-refractivity contribution < 1.29 is 4.79 Å². The minimum atomic E-state index is 0.0346. The number of hydrogen-bond donors (Lipinski definition) is 0. The van der Waals surface area contributed by atoms with Crippen molar-refractivity contribution in [1.29, 1.82) is 0 Å². The SMILES string of the molecule is CC(=O)CC(C)(C)SCC=Cc1ccccc1. The smallest absolute Gasteiger partial charge is 0.131 e. The predicted octanol–water partition coefficient (Wildman–Crippen LogP) is 4.19. The second-order valence-electron chi connectivity index (χ2n) is 4.76. The lowest BCUT2D eigenvalue weighted by molar-refractivity contribution is -0.117. The maximum Gasteiger partial charge on any atom is 0.131 e. The summed E-state index contributed by atoms with van der Waals surface area (Å²) < 4.78 is 0.0346. The van der Waals surface area contributed by atoms with Gasteiger partial charge in [0.1, 0.15) is 5.78 Å². The van der Waals surface area contributed by atoms with E-state index >= 15 is 0 Å². The standard InChI is InChI=1S/C15H20OS/c1-13(16)12-15(2,3)17-11-7-10-14-8-5-4-6-9-14/h4-10H,11-12H2,1-3H3. The summed E-state index contributed by atoms with van der Waals surface area (Å²) in [5, 5.41) is 0. The molecular weight excluding hydrogens is 228 g/mol. The van der Waals surface area contributed by atoms with E-state index in [0.29, 0.717) is 6.42 Å². The van der Waals surface area contributed by atoms with Gasteiger partial charge in [-0.2, -0.15) is 11.8 Å². The van der Waals surface area contributed by atoms with Gasteiger partial charge in [0.05, 0.1) is 0 Å². The molecule has 0 heterocycles. The van der Waals surface area contributed by atoms with E-state index in [1.165, 1.54) is 5.56 Å². The molecule has 0 aliphatic rings. The zero-order valence-corrected chi connectivity index (χ0v) is 11.6. The highest BCUT2D eigenvalue weighted by Crippen LogP contribution is 2.28. The van der Waals surface area contributed by atoms with E-state index in [-0.39, 0.29) is 10.5 Å². The lowest BCUT2D eigenvalue weighted by Crippen LogP contribution is -2.18. The molecule has 0 atom stereocenters. The number of rotatable bonds is 6. The Morgan fingerprint density at radius 3 is 2.53 bits per heavy atom. The Labute approximate surface area is 108 Å². The lowest BCUT2D eigenvalue weighted by Gasteiger charge is -2.21. The van der Waals surface area contributed by atoms with Crippen LogP contribution >= 0.6 is 11.8 Å². The second-order valence-corrected chi connectivity index (χ2v) is 6.49. The third kappa shape index (κ3) is 6.32. The van der Waals surface area contributed by atoms with Crippen LogP contribution in [0.2, 0.25) is 0 Å². The third-order valence-electron chi connectivity index (χ3n) is 2.35. The van der Waals surface area contributed by atoms with Crippen LogP contribution in [0, 0.1) is 0 Å². The van der Waals surface area contributed by atoms with Gasteiger partial charge >= 0.3 is 0 Å². The zero-order chi connectivity index (χ0) is 12.7. The van der Waals surface area contributed by atoms with E-state index < -0.39 is 0 Å². The van der Waals surface area contributed by atoms with Crippen LogP contribution in [0.15, 0.2) is 36.4 Å². The average Bonchev–Trinajstić information content (AvgIpc) is 2.24. The van der Waals surface area contributed by atoms with Crippen molar-refractivity contribution in [3.05, 3.63) is 42.0 Å². The number of Topliss-reactive ketones (excluding diaryl/α,β-unsaturated/α-hetero) is 1. The van der Waals surface area contributed by atoms with Crippen LogP contribution in [0.5, 0.6) is 0 Å². The Balaban J connectivity index is 2.37. The lowest BCUT2D eigenvalue weighted by atomic mass is 10.1. The van der Waals surface area contributed by atoms with Gasteiger partial charge in [-0.3, -0.25) is 4.79 Å². The molecule has 92 valence electrons. The Bertz CT molecular complexity index is 379. The van der Waals surface area contributed by atoms with Crippen molar-refractivity contribution in [2.75, 3.05) is 5.75 Å². The number of ketones is 1. The van der Waals surface area contributed by atoms with E-state index in [1.54, 1.807) is 6.92 Å². The highest BCUT2D eigenvalue weighted by Gasteiger charge is 2.19. The summed E-state index contributed by atoms with van der Waals surface area (Å²) in [5.74, 6) is 1.20. The molecule has 0 amide bonds. The van der Waals surface area contributed by atoms with Crippen molar-refractivity contribution in [1.82, 2.24) is 0 Å². The van der Waals surface area contributed by atoms with Crippen LogP contribution in [-0.2, 0) is 4.79 Å². The van der Waals surface area contributed by atoms with E-state index in [2.05, 4.69) is 38.1 Å². The van der Waals surface area contributed by atoms with Gasteiger partial charge in [0.2, 0.25) is 0 Å². The van der Waals surface area contributed by atoms with Crippen LogP contribution in [0.3, 0.4) is 0 Å². The van der Waals surface area contributed by atoms with Crippen LogP contribution in [0.1, 0.15) is 32.8 Å². The molecule has 1 rings (SSSR count). The number of benzene rings is 1. The highest BCUT2D eigenvalue weighted by atomic mass is 32.2. The zero-order valence-electron chi connectivity index (χ0n) is 10.8. The second kappa shape index (κ2) is 6.65. The molecule has 0 bridgehead atoms. The molecule has 17 heavy (non-hydrogen) atoms. The molecule has 0 unspecified atom stereocenters. The Kier molecular flexibility index (Phi) is 5.49. The molecule has 0 aromatic heterocycles. The molecule has 0 aliphatic carbocycles. The first-order valence-corrected chi connectivity index (χ1v) is 6.83. The molecule has 0 radical (unpaired) electrons. The van der Waals surface area contributed by atoms with Crippen molar-refractivity contribution >= 4 is 23.6 Å². The predicted molar refractivity (Wildman–Crippen MR) is 77.3 cm³/mol. The van der Waals surface area contributed by atoms with Gasteiger partial charge in [0.15, 0.2) is 0 Å². The molecule has 0 fully saturated rings. The summed E-state index contributed by atoms with van der Waals surface area (Å²) in [5.41, 5.74) is 1.22. The number of thioether (sulfide) groups is 1. The topological polar surface area (TPSA) is 17.1 Å². The maximum atomic E-state index is 11.1. The summed E-state index contributed by atoms with van der Waals surface area (Å²) in [7, 11) is 0. The van der Waals surface area contributed by atoms with E-state index in [1.807, 2.05) is 30.0 Å². The summed E-state index contributed by atoms with van der Waals surface area (Å²) in [6.07, 6.45) is 4.91. The maximum absolute atomic E-state index is 11.1. The summed E-state index contributed by atoms with van der Waals surface area (Å²) in [4.78, 5) is 11.1. The summed E-state index contributed by atoms with van der Waals surface area (Å²) in [6, 6.07) is 10.3. The monoisotopic (exact) mass is 248 g/mol. The first-order valence-electron chi connectivity index (χ1n) is 5.84. The number of carbonyl (C=O) groups is 1. The van der Waals surface area contributed by atoms with Gasteiger partial charge < -0.3 is 0 Å². The first kappa shape index (κ1) is 14.0. The van der Waals surface area contributed by atoms with Crippen molar-refractivity contribution in [2.24, 2.45) is 0 Å². The number of hydrogen-bond acceptors (Lipinski definition) is 2. The Morgan fingerprint density at radius 2 is 1.94 bits per heavy atom. The van der Waals surface area contributed by atoms with Crippen molar-refractivity contribution in [3.63, 3.8) is 0 Å². The quantitative estimate of drug-likeness (QED) is 0.751. The third-order valence-corrected chi connectivity index (χ3v) is 3.64. The molecular formula is C15H20OS. The van der Waals surface area contributed by atoms with Crippen LogP contribution < -0.4 is 0 Å². The summed E-state index contributed by atoms with van der Waals surface area (Å²) in [6.45, 7) is 5.90. The fraction of sp³-hybridized carbons (Fsp3) is 0.400. The minimum absolute atomic E-state index is 0.0346. The van der Waals surface area contributed by atoms with Gasteiger partial charge in [-0.25, -0.2) is 0 Å². The average molecular weight is 248 g/mol. The molecule has 1 aromatic carbocycles. The largest absolute Gasteiger partial charge is 0.300 e. The number of carbonyl (C=O) groups excluding carboxylic acids is 1. The molecule has 0 aliphatic heterocycles. The molecule has 1 aromatic rings. The molecule has 0 saturated carbocycles. The van der Waals surface area contributed by atoms with Gasteiger partial charge in [0.25, 0.3) is 0 Å². The first-order chi connectivity index (χ1) is 7.99.